The van der Waals surface area contributed by atoms with Gasteiger partial charge in [0, 0.05) is 29.6 Å². The number of carboxylic acids is 1. The van der Waals surface area contributed by atoms with Gasteiger partial charge in [-0.25, -0.2) is 0 Å². The summed E-state index contributed by atoms with van der Waals surface area (Å²) in [6.07, 6.45) is 0.658. The third-order valence-corrected chi connectivity index (χ3v) is 11.6. The molecule has 1 aromatic heterocycles. The van der Waals surface area contributed by atoms with E-state index in [-0.39, 0.29) is 65.5 Å². The number of carbonyl (C=O) groups excluding carboxylic acids is 2. The van der Waals surface area contributed by atoms with E-state index in [9.17, 15) is 14.4 Å². The van der Waals surface area contributed by atoms with Crippen LogP contribution in [0.3, 0.4) is 0 Å². The Morgan fingerprint density at radius 2 is 1.85 bits per heavy atom. The first-order valence-electron chi connectivity index (χ1n) is 11.4. The highest BCUT2D eigenvalue weighted by Gasteiger charge is 2.69. The van der Waals surface area contributed by atoms with E-state index >= 15 is 0 Å². The summed E-state index contributed by atoms with van der Waals surface area (Å²) >= 11 is 9.10. The molecule has 1 saturated heterocycles. The second-order valence-corrected chi connectivity index (χ2v) is 12.4. The Morgan fingerprint density at radius 1 is 1.18 bits per heavy atom. The minimum absolute atomic E-state index is 0.0363. The molecule has 10 heteroatoms. The molecule has 1 N–H and O–H groups in total. The Hall–Kier alpha value is -2.17. The van der Waals surface area contributed by atoms with E-state index < -0.39 is 5.97 Å². The summed E-state index contributed by atoms with van der Waals surface area (Å²) in [5.41, 5.74) is 1.18. The number of carboxylic acid groups (broad SMARTS) is 1. The first-order valence-corrected chi connectivity index (χ1v) is 13.5. The van der Waals surface area contributed by atoms with E-state index in [1.807, 2.05) is 30.9 Å². The molecule has 6 rings (SSSR count). The van der Waals surface area contributed by atoms with Gasteiger partial charge >= 0.3 is 5.97 Å². The zero-order chi connectivity index (χ0) is 23.9. The fraction of sp³-hybridized carbons (Fsp3) is 0.500. The van der Waals surface area contributed by atoms with E-state index in [2.05, 4.69) is 16.7 Å². The Kier molecular flexibility index (Phi) is 5.20. The average molecular weight is 517 g/mol. The van der Waals surface area contributed by atoms with Crippen molar-refractivity contribution in [2.75, 3.05) is 13.7 Å². The molecule has 2 aromatic rings. The zero-order valence-corrected chi connectivity index (χ0v) is 21.1. The predicted octanol–water partition coefficient (Wildman–Crippen LogP) is 3.77. The normalized spacial score (nSPS) is 33.1. The molecule has 4 aliphatic rings. The topological polar surface area (TPSA) is 88.8 Å². The zero-order valence-electron chi connectivity index (χ0n) is 18.7. The molecule has 0 radical (unpaired) electrons. The first-order chi connectivity index (χ1) is 16.3. The molecule has 3 heterocycles. The number of thiazole rings is 1. The number of aromatic nitrogens is 1. The Morgan fingerprint density at radius 3 is 2.50 bits per heavy atom. The third-order valence-electron chi connectivity index (χ3n) is 8.18. The van der Waals surface area contributed by atoms with Gasteiger partial charge in [-0.3, -0.25) is 19.3 Å². The highest BCUT2D eigenvalue weighted by molar-refractivity contribution is 8.00. The molecule has 2 bridgehead atoms. The standard InChI is InChI=1S/C24H24N2O5S3/c1-25-23-20(34-24(25)32)15(10-3-5-11(31-2)6-4-10)16-12-9-13(19(16)33-23)18-17(12)21(29)26(22(18)30)8-7-14(27)28/h3-6,12-13,15-19H,7-9H2,1-2H3,(H,27,28)/t12-,13+,15+,16-,17+,18+,19-/m0/s1. The van der Waals surface area contributed by atoms with Crippen molar-refractivity contribution in [2.24, 2.45) is 36.6 Å². The minimum atomic E-state index is -0.999. The van der Waals surface area contributed by atoms with Gasteiger partial charge in [-0.05, 0) is 54.1 Å². The van der Waals surface area contributed by atoms with Gasteiger partial charge in [0.15, 0.2) is 3.95 Å². The molecule has 2 amide bonds. The largest absolute Gasteiger partial charge is 0.497 e. The minimum Gasteiger partial charge on any atom is -0.497 e. The van der Waals surface area contributed by atoms with Gasteiger partial charge in [-0.1, -0.05) is 12.1 Å². The number of imide groups is 1. The van der Waals surface area contributed by atoms with Gasteiger partial charge in [-0.2, -0.15) is 0 Å². The van der Waals surface area contributed by atoms with Crippen LogP contribution in [0.25, 0.3) is 0 Å². The summed E-state index contributed by atoms with van der Waals surface area (Å²) in [7, 11) is 3.65. The summed E-state index contributed by atoms with van der Waals surface area (Å²) in [6, 6.07) is 8.16. The fourth-order valence-electron chi connectivity index (χ4n) is 6.85. The molecule has 0 unspecified atom stereocenters. The number of ether oxygens (including phenoxy) is 1. The van der Waals surface area contributed by atoms with Gasteiger partial charge < -0.3 is 14.4 Å². The highest BCUT2D eigenvalue weighted by Crippen LogP contribution is 2.69. The van der Waals surface area contributed by atoms with E-state index in [4.69, 9.17) is 22.1 Å². The Balaban J connectivity index is 1.42. The fourth-order valence-corrected chi connectivity index (χ4v) is 10.4. The second-order valence-electron chi connectivity index (χ2n) is 9.59. The smallest absolute Gasteiger partial charge is 0.305 e. The third kappa shape index (κ3) is 3.01. The Bertz CT molecular complexity index is 1270. The number of hydrogen-bond donors (Lipinski definition) is 1. The van der Waals surface area contributed by atoms with Crippen LogP contribution in [0.4, 0.5) is 0 Å². The molecule has 3 fully saturated rings. The van der Waals surface area contributed by atoms with Crippen LogP contribution in [0.15, 0.2) is 29.3 Å². The monoisotopic (exact) mass is 516 g/mol. The number of amides is 2. The summed E-state index contributed by atoms with van der Waals surface area (Å²) in [5, 5.41) is 10.5. The van der Waals surface area contributed by atoms with Gasteiger partial charge in [-0.15, -0.1) is 23.1 Å². The molecule has 2 aliphatic heterocycles. The summed E-state index contributed by atoms with van der Waals surface area (Å²) in [4.78, 5) is 40.2. The molecule has 1 aromatic carbocycles. The molecule has 178 valence electrons. The van der Waals surface area contributed by atoms with Gasteiger partial charge in [0.2, 0.25) is 11.8 Å². The number of rotatable bonds is 5. The maximum atomic E-state index is 13.4. The maximum Gasteiger partial charge on any atom is 0.305 e. The van der Waals surface area contributed by atoms with E-state index in [1.165, 1.54) is 20.4 Å². The van der Waals surface area contributed by atoms with Gasteiger partial charge in [0.1, 0.15) is 5.75 Å². The first kappa shape index (κ1) is 22.3. The lowest BCUT2D eigenvalue weighted by molar-refractivity contribution is -0.142. The van der Waals surface area contributed by atoms with Crippen LogP contribution in [-0.2, 0) is 21.4 Å². The number of hydrogen-bond acceptors (Lipinski definition) is 7. The second kappa shape index (κ2) is 7.93. The molecular formula is C24H24N2O5S3. The van der Waals surface area contributed by atoms with Crippen molar-refractivity contribution in [1.29, 1.82) is 0 Å². The molecule has 7 atom stereocenters. The van der Waals surface area contributed by atoms with Crippen LogP contribution >= 0.6 is 35.3 Å². The highest BCUT2D eigenvalue weighted by atomic mass is 32.2. The van der Waals surface area contributed by atoms with Crippen molar-refractivity contribution in [3.63, 3.8) is 0 Å². The van der Waals surface area contributed by atoms with Crippen LogP contribution in [0.1, 0.15) is 29.2 Å². The number of likely N-dealkylation sites (tertiary alicyclic amines) is 1. The average Bonchev–Trinajstić information content (AvgIpc) is 3.53. The van der Waals surface area contributed by atoms with Crippen molar-refractivity contribution in [1.82, 2.24) is 9.47 Å². The lowest BCUT2D eigenvalue weighted by Crippen LogP contribution is -2.43. The molecule has 2 saturated carbocycles. The SMILES string of the molecule is COc1ccc([C@H]2c3sc(=S)n(C)c3S[C@H]3[C@@H]4C[C@H]([C@H]5C(=O)N(CCC(=O)O)C(=O)[C@H]45)[C@@H]23)cc1. The summed E-state index contributed by atoms with van der Waals surface area (Å²) in [6.45, 7) is -0.0363. The van der Waals surface area contributed by atoms with Crippen LogP contribution in [0.2, 0.25) is 0 Å². The van der Waals surface area contributed by atoms with Crippen LogP contribution in [-0.4, -0.2) is 51.3 Å². The van der Waals surface area contributed by atoms with Crippen molar-refractivity contribution >= 4 is 53.1 Å². The lowest BCUT2D eigenvalue weighted by Gasteiger charge is -2.43. The molecule has 7 nitrogen and oxygen atoms in total. The number of benzene rings is 1. The van der Waals surface area contributed by atoms with Crippen LogP contribution in [0, 0.1) is 33.5 Å². The quantitative estimate of drug-likeness (QED) is 0.478. The molecule has 0 spiro atoms. The van der Waals surface area contributed by atoms with E-state index in [0.29, 0.717) is 0 Å². The van der Waals surface area contributed by atoms with E-state index in [1.54, 1.807) is 18.4 Å². The predicted molar refractivity (Wildman–Crippen MR) is 130 cm³/mol. The molecule has 2 aliphatic carbocycles. The molecule has 34 heavy (non-hydrogen) atoms. The number of methoxy groups -OCH3 is 1. The van der Waals surface area contributed by atoms with E-state index in [0.717, 1.165) is 16.1 Å². The number of thioether (sulfide) groups is 1. The van der Waals surface area contributed by atoms with Crippen molar-refractivity contribution < 1.29 is 24.2 Å². The van der Waals surface area contributed by atoms with Crippen molar-refractivity contribution in [2.45, 2.75) is 29.0 Å². The number of carbonyl (C=O) groups is 3. The summed E-state index contributed by atoms with van der Waals surface area (Å²) in [5.74, 6) is -0.685. The van der Waals surface area contributed by atoms with Crippen molar-refractivity contribution in [3.05, 3.63) is 38.7 Å². The maximum absolute atomic E-state index is 13.4. The lowest BCUT2D eigenvalue weighted by atomic mass is 9.68. The Labute approximate surface area is 210 Å². The number of aliphatic carboxylic acids is 1. The molecular weight excluding hydrogens is 492 g/mol. The van der Waals surface area contributed by atoms with Gasteiger partial charge in [0.05, 0.1) is 30.4 Å². The number of fused-ring (bicyclic) bond motifs is 9. The number of nitrogens with zero attached hydrogens (tertiary/aromatic N) is 2. The van der Waals surface area contributed by atoms with Crippen LogP contribution < -0.4 is 4.74 Å². The van der Waals surface area contributed by atoms with Gasteiger partial charge in [0.25, 0.3) is 0 Å². The van der Waals surface area contributed by atoms with Crippen molar-refractivity contribution in [3.8, 4) is 5.75 Å². The summed E-state index contributed by atoms with van der Waals surface area (Å²) < 4.78 is 8.28. The van der Waals surface area contributed by atoms with Crippen LogP contribution in [0.5, 0.6) is 5.75 Å².